The number of hydrogen-bond donors (Lipinski definition) is 1. The van der Waals surface area contributed by atoms with E-state index in [2.05, 4.69) is 18.7 Å². The van der Waals surface area contributed by atoms with Gasteiger partial charge in [0.2, 0.25) is 0 Å². The van der Waals surface area contributed by atoms with Crippen molar-refractivity contribution in [2.45, 2.75) is 52.6 Å². The van der Waals surface area contributed by atoms with Crippen molar-refractivity contribution in [2.75, 3.05) is 6.54 Å². The number of aryl methyl sites for hydroxylation is 1. The monoisotopic (exact) mass is 281 g/mol. The van der Waals surface area contributed by atoms with Gasteiger partial charge in [0.25, 0.3) is 0 Å². The first-order valence-corrected chi connectivity index (χ1v) is 7.06. The third-order valence-electron chi connectivity index (χ3n) is 3.65. The molecule has 0 aliphatic rings. The fourth-order valence-electron chi connectivity index (χ4n) is 2.37. The minimum absolute atomic E-state index is 0.0684. The quantitative estimate of drug-likeness (QED) is 0.827. The molecular weight excluding hydrogens is 257 g/mol. The van der Waals surface area contributed by atoms with Crippen molar-refractivity contribution < 1.29 is 14.3 Å². The van der Waals surface area contributed by atoms with Crippen molar-refractivity contribution >= 4 is 5.97 Å². The molecule has 0 heterocycles. The van der Waals surface area contributed by atoms with Crippen LogP contribution < -0.4 is 0 Å². The van der Waals surface area contributed by atoms with Crippen molar-refractivity contribution in [1.82, 2.24) is 4.90 Å². The molecule has 1 aromatic carbocycles. The van der Waals surface area contributed by atoms with Crippen molar-refractivity contribution in [3.8, 4) is 0 Å². The molecule has 0 saturated carbocycles. The summed E-state index contributed by atoms with van der Waals surface area (Å²) in [6.07, 6.45) is 0.768. The summed E-state index contributed by atoms with van der Waals surface area (Å²) in [4.78, 5) is 12.8. The third-order valence-corrected chi connectivity index (χ3v) is 3.65. The molecule has 0 bridgehead atoms. The van der Waals surface area contributed by atoms with Crippen LogP contribution in [0.1, 0.15) is 50.8 Å². The van der Waals surface area contributed by atoms with Crippen molar-refractivity contribution in [3.05, 3.63) is 35.1 Å². The number of nitrogens with zero attached hydrogens (tertiary/aromatic N) is 1. The summed E-state index contributed by atoms with van der Waals surface area (Å²) in [5.41, 5.74) is 1.57. The zero-order valence-electron chi connectivity index (χ0n) is 12.7. The van der Waals surface area contributed by atoms with Crippen molar-refractivity contribution in [2.24, 2.45) is 0 Å². The van der Waals surface area contributed by atoms with Gasteiger partial charge in [0.05, 0.1) is 0 Å². The highest BCUT2D eigenvalue weighted by Gasteiger charge is 2.19. The second-order valence-corrected chi connectivity index (χ2v) is 5.51. The highest BCUT2D eigenvalue weighted by Crippen LogP contribution is 2.24. The van der Waals surface area contributed by atoms with Gasteiger partial charge in [-0.15, -0.1) is 0 Å². The summed E-state index contributed by atoms with van der Waals surface area (Å²) in [7, 11) is 0. The van der Waals surface area contributed by atoms with Crippen LogP contribution in [0.3, 0.4) is 0 Å². The summed E-state index contributed by atoms with van der Waals surface area (Å²) < 4.78 is 13.7. The molecule has 1 rings (SSSR count). The topological polar surface area (TPSA) is 40.5 Å². The van der Waals surface area contributed by atoms with Gasteiger partial charge in [-0.2, -0.15) is 0 Å². The molecule has 0 radical (unpaired) electrons. The van der Waals surface area contributed by atoms with Gasteiger partial charge < -0.3 is 5.11 Å². The number of carbonyl (C=O) groups is 1. The summed E-state index contributed by atoms with van der Waals surface area (Å²) in [6, 6.07) is 5.65. The maximum absolute atomic E-state index is 13.7. The lowest BCUT2D eigenvalue weighted by atomic mass is 10.0. The van der Waals surface area contributed by atoms with Crippen LogP contribution in [-0.4, -0.2) is 28.6 Å². The zero-order valence-corrected chi connectivity index (χ0v) is 12.7. The minimum atomic E-state index is -0.775. The molecule has 0 aliphatic heterocycles. The Hall–Kier alpha value is -1.42. The van der Waals surface area contributed by atoms with Crippen LogP contribution in [0, 0.1) is 12.7 Å². The SMILES string of the molecule is Cc1ccc(C(C)N(CCCC(=O)O)C(C)C)cc1F. The molecule has 0 aromatic heterocycles. The molecule has 4 heteroatoms. The van der Waals surface area contributed by atoms with Crippen LogP contribution in [-0.2, 0) is 4.79 Å². The first-order valence-electron chi connectivity index (χ1n) is 7.06. The van der Waals surface area contributed by atoms with E-state index in [1.165, 1.54) is 0 Å². The van der Waals surface area contributed by atoms with Gasteiger partial charge in [-0.3, -0.25) is 9.69 Å². The summed E-state index contributed by atoms with van der Waals surface area (Å²) >= 11 is 0. The molecule has 0 aliphatic carbocycles. The molecule has 3 nitrogen and oxygen atoms in total. The van der Waals surface area contributed by atoms with Gasteiger partial charge in [-0.1, -0.05) is 12.1 Å². The van der Waals surface area contributed by atoms with Gasteiger partial charge in [0, 0.05) is 18.5 Å². The maximum Gasteiger partial charge on any atom is 0.303 e. The smallest absolute Gasteiger partial charge is 0.303 e. The minimum Gasteiger partial charge on any atom is -0.481 e. The number of rotatable bonds is 7. The number of hydrogen-bond acceptors (Lipinski definition) is 2. The molecule has 0 saturated heterocycles. The van der Waals surface area contributed by atoms with Crippen molar-refractivity contribution in [3.63, 3.8) is 0 Å². The van der Waals surface area contributed by atoms with E-state index in [0.717, 1.165) is 5.56 Å². The van der Waals surface area contributed by atoms with Gasteiger partial charge in [0.15, 0.2) is 0 Å². The fraction of sp³-hybridized carbons (Fsp3) is 0.562. The Labute approximate surface area is 120 Å². The predicted octanol–water partition coefficient (Wildman–Crippen LogP) is 3.77. The third kappa shape index (κ3) is 4.60. The average molecular weight is 281 g/mol. The van der Waals surface area contributed by atoms with E-state index in [9.17, 15) is 9.18 Å². The predicted molar refractivity (Wildman–Crippen MR) is 78.3 cm³/mol. The first-order chi connectivity index (χ1) is 9.32. The lowest BCUT2D eigenvalue weighted by Crippen LogP contribution is -2.34. The highest BCUT2D eigenvalue weighted by molar-refractivity contribution is 5.66. The summed E-state index contributed by atoms with van der Waals surface area (Å²) in [5, 5.41) is 8.72. The Morgan fingerprint density at radius 2 is 2.00 bits per heavy atom. The Kier molecular flexibility index (Phi) is 6.14. The Morgan fingerprint density at radius 3 is 2.50 bits per heavy atom. The molecule has 1 unspecified atom stereocenters. The number of carboxylic acids is 1. The van der Waals surface area contributed by atoms with Crippen LogP contribution in [0.5, 0.6) is 0 Å². The lowest BCUT2D eigenvalue weighted by molar-refractivity contribution is -0.137. The Balaban J connectivity index is 2.79. The molecule has 0 fully saturated rings. The standard InChI is InChI=1S/C16H24FNO2/c1-11(2)18(9-5-6-16(19)20)13(4)14-8-7-12(3)15(17)10-14/h7-8,10-11,13H,5-6,9H2,1-4H3,(H,19,20). The number of halogens is 1. The van der Waals surface area contributed by atoms with E-state index in [0.29, 0.717) is 18.5 Å². The molecule has 1 N–H and O–H groups in total. The number of benzene rings is 1. The second-order valence-electron chi connectivity index (χ2n) is 5.51. The molecule has 20 heavy (non-hydrogen) atoms. The molecule has 1 atom stereocenters. The summed E-state index contributed by atoms with van der Waals surface area (Å²) in [6.45, 7) is 8.62. The molecule has 0 amide bonds. The maximum atomic E-state index is 13.7. The average Bonchev–Trinajstić information content (AvgIpc) is 2.36. The van der Waals surface area contributed by atoms with Gasteiger partial charge >= 0.3 is 5.97 Å². The first kappa shape index (κ1) is 16.6. The van der Waals surface area contributed by atoms with Crippen molar-refractivity contribution in [1.29, 1.82) is 0 Å². The van der Waals surface area contributed by atoms with Gasteiger partial charge in [-0.05, 0) is 57.9 Å². The molecule has 1 aromatic rings. The van der Waals surface area contributed by atoms with E-state index in [1.807, 2.05) is 13.0 Å². The van der Waals surface area contributed by atoms with Crippen LogP contribution >= 0.6 is 0 Å². The van der Waals surface area contributed by atoms with Crippen LogP contribution in [0.25, 0.3) is 0 Å². The van der Waals surface area contributed by atoms with E-state index in [1.54, 1.807) is 19.1 Å². The van der Waals surface area contributed by atoms with E-state index in [-0.39, 0.29) is 24.3 Å². The van der Waals surface area contributed by atoms with E-state index < -0.39 is 5.97 Å². The number of aliphatic carboxylic acids is 1. The molecule has 112 valence electrons. The Bertz CT molecular complexity index is 460. The van der Waals surface area contributed by atoms with E-state index >= 15 is 0 Å². The second kappa shape index (κ2) is 7.39. The molecular formula is C16H24FNO2. The molecule has 0 spiro atoms. The fourth-order valence-corrected chi connectivity index (χ4v) is 2.37. The normalized spacial score (nSPS) is 12.9. The van der Waals surface area contributed by atoms with Gasteiger partial charge in [-0.25, -0.2) is 4.39 Å². The summed E-state index contributed by atoms with van der Waals surface area (Å²) in [5.74, 6) is -0.966. The highest BCUT2D eigenvalue weighted by atomic mass is 19.1. The van der Waals surface area contributed by atoms with Gasteiger partial charge in [0.1, 0.15) is 5.82 Å². The largest absolute Gasteiger partial charge is 0.481 e. The lowest BCUT2D eigenvalue weighted by Gasteiger charge is -2.33. The zero-order chi connectivity index (χ0) is 15.3. The van der Waals surface area contributed by atoms with Crippen LogP contribution in [0.4, 0.5) is 4.39 Å². The van der Waals surface area contributed by atoms with E-state index in [4.69, 9.17) is 5.11 Å². The number of carboxylic acid groups (broad SMARTS) is 1. The Morgan fingerprint density at radius 1 is 1.35 bits per heavy atom. The van der Waals surface area contributed by atoms with Crippen LogP contribution in [0.2, 0.25) is 0 Å². The van der Waals surface area contributed by atoms with Crippen LogP contribution in [0.15, 0.2) is 18.2 Å².